The van der Waals surface area contributed by atoms with Gasteiger partial charge in [0.2, 0.25) is 0 Å². The number of aromatic nitrogens is 2. The Labute approximate surface area is 164 Å². The van der Waals surface area contributed by atoms with Crippen LogP contribution in [0.1, 0.15) is 46.0 Å². The molecule has 7 nitrogen and oxygen atoms in total. The number of nitrogens with zero attached hydrogens (tertiary/aromatic N) is 2. The predicted octanol–water partition coefficient (Wildman–Crippen LogP) is 3.90. The van der Waals surface area contributed by atoms with E-state index in [0.717, 1.165) is 17.0 Å². The van der Waals surface area contributed by atoms with E-state index in [0.29, 0.717) is 28.6 Å². The highest BCUT2D eigenvalue weighted by molar-refractivity contribution is 5.96. The highest BCUT2D eigenvalue weighted by Crippen LogP contribution is 2.30. The number of carbonyl (C=O) groups excluding carboxylic acids is 1. The van der Waals surface area contributed by atoms with Gasteiger partial charge in [-0.3, -0.25) is 9.36 Å². The number of hydrogen-bond donors (Lipinski definition) is 1. The third-order valence-corrected chi connectivity index (χ3v) is 4.78. The van der Waals surface area contributed by atoms with E-state index < -0.39 is 0 Å². The van der Waals surface area contributed by atoms with E-state index in [1.165, 1.54) is 0 Å². The van der Waals surface area contributed by atoms with Crippen molar-refractivity contribution in [1.29, 1.82) is 0 Å². The number of aryl methyl sites for hydroxylation is 2. The van der Waals surface area contributed by atoms with E-state index in [9.17, 15) is 4.79 Å². The Balaban J connectivity index is 1.86. The predicted molar refractivity (Wildman–Crippen MR) is 105 cm³/mol. The molecule has 0 aliphatic heterocycles. The molecule has 0 spiro atoms. The number of amides is 1. The van der Waals surface area contributed by atoms with Gasteiger partial charge in [0.25, 0.3) is 5.91 Å². The number of rotatable bonds is 6. The van der Waals surface area contributed by atoms with Crippen LogP contribution in [-0.4, -0.2) is 29.9 Å². The normalized spacial score (nSPS) is 11.9. The Kier molecular flexibility index (Phi) is 5.44. The van der Waals surface area contributed by atoms with Crippen molar-refractivity contribution in [1.82, 2.24) is 15.0 Å². The lowest BCUT2D eigenvalue weighted by Crippen LogP contribution is -2.27. The third kappa shape index (κ3) is 3.60. The van der Waals surface area contributed by atoms with Crippen molar-refractivity contribution in [3.05, 3.63) is 58.6 Å². The van der Waals surface area contributed by atoms with Gasteiger partial charge < -0.3 is 19.3 Å². The molecule has 7 heteroatoms. The molecule has 0 aliphatic carbocycles. The van der Waals surface area contributed by atoms with Crippen LogP contribution in [0.4, 0.5) is 0 Å². The van der Waals surface area contributed by atoms with Crippen molar-refractivity contribution < 1.29 is 18.8 Å². The lowest BCUT2D eigenvalue weighted by molar-refractivity contribution is 0.0939. The largest absolute Gasteiger partial charge is 0.497 e. The Morgan fingerprint density at radius 3 is 2.50 bits per heavy atom. The number of nitrogens with one attached hydrogen (secondary N) is 1. The molecule has 1 amide bonds. The van der Waals surface area contributed by atoms with Crippen LogP contribution in [0.15, 0.2) is 34.9 Å². The molecule has 1 aromatic carbocycles. The number of methoxy groups -OCH3 is 2. The fourth-order valence-electron chi connectivity index (χ4n) is 3.33. The van der Waals surface area contributed by atoms with Crippen LogP contribution in [0, 0.1) is 20.8 Å². The summed E-state index contributed by atoms with van der Waals surface area (Å²) in [4.78, 5) is 12.9. The average Bonchev–Trinajstić information content (AvgIpc) is 3.23. The molecule has 0 bridgehead atoms. The number of hydrogen-bond acceptors (Lipinski definition) is 5. The fraction of sp³-hybridized carbons (Fsp3) is 0.333. The van der Waals surface area contributed by atoms with Gasteiger partial charge >= 0.3 is 0 Å². The number of benzene rings is 1. The smallest absolute Gasteiger partial charge is 0.253 e. The lowest BCUT2D eigenvalue weighted by atomic mass is 10.1. The van der Waals surface area contributed by atoms with Gasteiger partial charge in [0.05, 0.1) is 25.8 Å². The minimum absolute atomic E-state index is 0.162. The summed E-state index contributed by atoms with van der Waals surface area (Å²) in [5, 5.41) is 7.10. The molecule has 2 aromatic heterocycles. The summed E-state index contributed by atoms with van der Waals surface area (Å²) >= 11 is 0. The highest BCUT2D eigenvalue weighted by Gasteiger charge is 2.21. The van der Waals surface area contributed by atoms with E-state index in [2.05, 4.69) is 10.5 Å². The Morgan fingerprint density at radius 2 is 1.89 bits per heavy atom. The Bertz CT molecular complexity index is 1000. The second-order valence-electron chi connectivity index (χ2n) is 6.72. The number of ether oxygens (including phenoxy) is 2. The van der Waals surface area contributed by atoms with Crippen molar-refractivity contribution in [3.8, 4) is 17.3 Å². The fourth-order valence-corrected chi connectivity index (χ4v) is 3.33. The summed E-state index contributed by atoms with van der Waals surface area (Å²) in [5.41, 5.74) is 3.18. The van der Waals surface area contributed by atoms with E-state index in [4.69, 9.17) is 14.0 Å². The molecule has 1 atom stereocenters. The first-order chi connectivity index (χ1) is 13.3. The van der Waals surface area contributed by atoms with Gasteiger partial charge in [0, 0.05) is 29.1 Å². The van der Waals surface area contributed by atoms with Crippen LogP contribution in [0.5, 0.6) is 11.5 Å². The Hall–Kier alpha value is -3.22. The van der Waals surface area contributed by atoms with Gasteiger partial charge in [-0.05, 0) is 45.9 Å². The third-order valence-electron chi connectivity index (χ3n) is 4.78. The first-order valence-electron chi connectivity index (χ1n) is 9.01. The molecular weight excluding hydrogens is 358 g/mol. The minimum Gasteiger partial charge on any atom is -0.497 e. The summed E-state index contributed by atoms with van der Waals surface area (Å²) in [6.45, 7) is 7.58. The summed E-state index contributed by atoms with van der Waals surface area (Å²) in [6, 6.07) is 8.99. The molecule has 28 heavy (non-hydrogen) atoms. The van der Waals surface area contributed by atoms with Crippen LogP contribution < -0.4 is 14.8 Å². The molecule has 2 heterocycles. The molecule has 3 rings (SSSR count). The van der Waals surface area contributed by atoms with Gasteiger partial charge in [-0.1, -0.05) is 5.16 Å². The van der Waals surface area contributed by atoms with E-state index >= 15 is 0 Å². The van der Waals surface area contributed by atoms with Gasteiger partial charge in [-0.25, -0.2) is 0 Å². The van der Waals surface area contributed by atoms with E-state index in [-0.39, 0.29) is 11.9 Å². The van der Waals surface area contributed by atoms with Crippen LogP contribution in [0.3, 0.4) is 0 Å². The maximum Gasteiger partial charge on any atom is 0.253 e. The first kappa shape index (κ1) is 19.5. The zero-order valence-electron chi connectivity index (χ0n) is 17.0. The SMILES string of the molecule is COc1ccc(C(C)NC(=O)c2cc(C)n(-c3cc(C)on3)c2C)c(OC)c1. The molecule has 3 aromatic rings. The summed E-state index contributed by atoms with van der Waals surface area (Å²) in [5.74, 6) is 2.58. The standard InChI is InChI=1S/C21H25N3O4/c1-12-9-18(15(4)24(12)20-10-13(2)28-23-20)21(25)22-14(3)17-8-7-16(26-5)11-19(17)27-6/h7-11,14H,1-6H3,(H,22,25). The van der Waals surface area contributed by atoms with Crippen molar-refractivity contribution in [2.75, 3.05) is 14.2 Å². The monoisotopic (exact) mass is 383 g/mol. The Morgan fingerprint density at radius 1 is 1.14 bits per heavy atom. The highest BCUT2D eigenvalue weighted by atomic mass is 16.5. The topological polar surface area (TPSA) is 78.5 Å². The maximum atomic E-state index is 12.9. The van der Waals surface area contributed by atoms with Crippen molar-refractivity contribution in [2.45, 2.75) is 33.7 Å². The average molecular weight is 383 g/mol. The lowest BCUT2D eigenvalue weighted by Gasteiger charge is -2.18. The van der Waals surface area contributed by atoms with Crippen LogP contribution in [0.2, 0.25) is 0 Å². The van der Waals surface area contributed by atoms with Crippen molar-refractivity contribution in [2.24, 2.45) is 0 Å². The summed E-state index contributed by atoms with van der Waals surface area (Å²) in [6.07, 6.45) is 0. The van der Waals surface area contributed by atoms with Gasteiger partial charge in [-0.2, -0.15) is 0 Å². The molecule has 1 N–H and O–H groups in total. The van der Waals surface area contributed by atoms with Crippen LogP contribution in [-0.2, 0) is 0 Å². The second kappa shape index (κ2) is 7.80. The summed E-state index contributed by atoms with van der Waals surface area (Å²) < 4.78 is 17.8. The quantitative estimate of drug-likeness (QED) is 0.698. The van der Waals surface area contributed by atoms with Gasteiger partial charge in [-0.15, -0.1) is 0 Å². The van der Waals surface area contributed by atoms with E-state index in [1.54, 1.807) is 20.3 Å². The maximum absolute atomic E-state index is 12.9. The first-order valence-corrected chi connectivity index (χ1v) is 9.01. The van der Waals surface area contributed by atoms with Crippen LogP contribution in [0.25, 0.3) is 5.82 Å². The molecule has 0 radical (unpaired) electrons. The van der Waals surface area contributed by atoms with Gasteiger partial charge in [0.1, 0.15) is 17.3 Å². The molecule has 0 aliphatic rings. The minimum atomic E-state index is -0.245. The summed E-state index contributed by atoms with van der Waals surface area (Å²) in [7, 11) is 3.20. The van der Waals surface area contributed by atoms with Gasteiger partial charge in [0.15, 0.2) is 5.82 Å². The zero-order valence-corrected chi connectivity index (χ0v) is 17.0. The molecule has 0 saturated heterocycles. The van der Waals surface area contributed by atoms with Crippen LogP contribution >= 0.6 is 0 Å². The molecular formula is C21H25N3O4. The van der Waals surface area contributed by atoms with Crippen molar-refractivity contribution in [3.63, 3.8) is 0 Å². The molecule has 0 saturated carbocycles. The molecule has 148 valence electrons. The van der Waals surface area contributed by atoms with E-state index in [1.807, 2.05) is 56.5 Å². The second-order valence-corrected chi connectivity index (χ2v) is 6.72. The van der Waals surface area contributed by atoms with Crippen molar-refractivity contribution >= 4 is 5.91 Å². The molecule has 0 fully saturated rings. The zero-order chi connectivity index (χ0) is 20.4. The molecule has 1 unspecified atom stereocenters. The number of carbonyl (C=O) groups is 1.